The average Bonchev–Trinajstić information content (AvgIpc) is 3.72. The van der Waals surface area contributed by atoms with E-state index < -0.39 is 5.92 Å². The summed E-state index contributed by atoms with van der Waals surface area (Å²) in [6.07, 6.45) is 6.46. The fraction of sp³-hybridized carbons (Fsp3) is 0.333. The zero-order valence-corrected chi connectivity index (χ0v) is 21.5. The van der Waals surface area contributed by atoms with E-state index in [1.807, 2.05) is 18.2 Å². The molecule has 4 aliphatic rings. The molecule has 3 aromatic rings. The molecule has 5 atom stereocenters. The molecule has 0 amide bonds. The number of hydrogen-bond acceptors (Lipinski definition) is 9. The summed E-state index contributed by atoms with van der Waals surface area (Å²) in [5, 5.41) is 14.2. The largest absolute Gasteiger partial charge is 0.502 e. The maximum atomic E-state index is 13.4. The van der Waals surface area contributed by atoms with Crippen molar-refractivity contribution in [1.82, 2.24) is 10.3 Å². The highest BCUT2D eigenvalue weighted by Crippen LogP contribution is 2.57. The molecule has 0 saturated carbocycles. The maximum absolute atomic E-state index is 13.4. The monoisotopic (exact) mass is 528 g/mol. The molecule has 0 radical (unpaired) electrons. The minimum absolute atomic E-state index is 0.0151. The van der Waals surface area contributed by atoms with E-state index >= 15 is 0 Å². The highest BCUT2D eigenvalue weighted by Gasteiger charge is 2.54. The summed E-state index contributed by atoms with van der Waals surface area (Å²) in [6.45, 7) is 0.479. The molecule has 0 bridgehead atoms. The smallest absolute Gasteiger partial charge is 0.310 e. The van der Waals surface area contributed by atoms with Crippen molar-refractivity contribution in [3.8, 4) is 28.7 Å². The van der Waals surface area contributed by atoms with Gasteiger partial charge >= 0.3 is 5.97 Å². The number of methoxy groups -OCH3 is 2. The van der Waals surface area contributed by atoms with Crippen molar-refractivity contribution >= 4 is 11.5 Å². The Kier molecular flexibility index (Phi) is 5.54. The number of carbonyl (C=O) groups is 1. The van der Waals surface area contributed by atoms with Crippen LogP contribution in [0.3, 0.4) is 0 Å². The van der Waals surface area contributed by atoms with E-state index in [1.54, 1.807) is 24.5 Å². The second-order valence-electron chi connectivity index (χ2n) is 10.3. The van der Waals surface area contributed by atoms with Gasteiger partial charge in [-0.25, -0.2) is 0 Å². The van der Waals surface area contributed by atoms with Crippen molar-refractivity contribution < 1.29 is 33.6 Å². The molecule has 200 valence electrons. The van der Waals surface area contributed by atoms with Gasteiger partial charge in [0.2, 0.25) is 12.5 Å². The van der Waals surface area contributed by atoms with Gasteiger partial charge in [0.15, 0.2) is 23.0 Å². The first-order valence-corrected chi connectivity index (χ1v) is 13.0. The predicted molar refractivity (Wildman–Crippen MR) is 140 cm³/mol. The van der Waals surface area contributed by atoms with Crippen LogP contribution in [0.2, 0.25) is 0 Å². The quantitative estimate of drug-likeness (QED) is 0.476. The molecule has 2 N–H and O–H groups in total. The number of aromatic hydroxyl groups is 1. The number of cyclic esters (lactones) is 1. The molecule has 7 rings (SSSR count). The van der Waals surface area contributed by atoms with Gasteiger partial charge in [-0.1, -0.05) is 0 Å². The Morgan fingerprint density at radius 3 is 2.33 bits per heavy atom. The zero-order valence-electron chi connectivity index (χ0n) is 21.5. The van der Waals surface area contributed by atoms with E-state index in [2.05, 4.69) is 22.6 Å². The van der Waals surface area contributed by atoms with Crippen LogP contribution >= 0.6 is 0 Å². The summed E-state index contributed by atoms with van der Waals surface area (Å²) in [6, 6.07) is 11.7. The first kappa shape index (κ1) is 23.7. The number of pyridine rings is 1. The van der Waals surface area contributed by atoms with Gasteiger partial charge in [0.1, 0.15) is 0 Å². The molecular formula is C30H28N2O7. The lowest BCUT2D eigenvalue weighted by Crippen LogP contribution is -2.42. The summed E-state index contributed by atoms with van der Waals surface area (Å²) in [7, 11) is 2.99. The summed E-state index contributed by atoms with van der Waals surface area (Å²) in [5.41, 5.74) is 5.18. The van der Waals surface area contributed by atoms with Crippen molar-refractivity contribution in [1.29, 1.82) is 0 Å². The molecule has 9 nitrogen and oxygen atoms in total. The first-order chi connectivity index (χ1) is 19.1. The Labute approximate surface area is 225 Å². The molecule has 39 heavy (non-hydrogen) atoms. The average molecular weight is 529 g/mol. The van der Waals surface area contributed by atoms with Crippen molar-refractivity contribution in [2.24, 2.45) is 11.8 Å². The van der Waals surface area contributed by atoms with Crippen molar-refractivity contribution in [2.75, 3.05) is 27.6 Å². The fourth-order valence-corrected chi connectivity index (χ4v) is 6.77. The molecule has 1 unspecified atom stereocenters. The van der Waals surface area contributed by atoms with Gasteiger partial charge in [-0.3, -0.25) is 9.78 Å². The van der Waals surface area contributed by atoms with Gasteiger partial charge in [0, 0.05) is 42.4 Å². The summed E-state index contributed by atoms with van der Waals surface area (Å²) < 4.78 is 28.2. The van der Waals surface area contributed by atoms with Gasteiger partial charge in [-0.05, 0) is 70.6 Å². The number of carbonyl (C=O) groups excluding carboxylic acids is 1. The molecule has 9 heteroatoms. The van der Waals surface area contributed by atoms with Crippen molar-refractivity contribution in [3.05, 3.63) is 77.2 Å². The highest BCUT2D eigenvalue weighted by molar-refractivity contribution is 5.79. The number of nitrogens with zero attached hydrogens (tertiary/aromatic N) is 1. The SMILES string of the molecule is COc1cc([C@@H]2c3cc4c(cc3[C@@H](C3CC(c5ccncc5)=CN3)[C@H]3COC(=O)[C@H]23)OCO4)cc(OC)c1O. The van der Waals surface area contributed by atoms with E-state index in [0.29, 0.717) is 18.1 Å². The second kappa shape index (κ2) is 9.11. The van der Waals surface area contributed by atoms with Crippen molar-refractivity contribution in [3.63, 3.8) is 0 Å². The lowest BCUT2D eigenvalue weighted by atomic mass is 9.60. The van der Waals surface area contributed by atoms with Gasteiger partial charge in [-0.15, -0.1) is 0 Å². The third-order valence-corrected chi connectivity index (χ3v) is 8.50. The van der Waals surface area contributed by atoms with Gasteiger partial charge in [0.25, 0.3) is 0 Å². The number of hydrogen-bond donors (Lipinski definition) is 2. The maximum Gasteiger partial charge on any atom is 0.310 e. The van der Waals surface area contributed by atoms with Crippen molar-refractivity contribution in [2.45, 2.75) is 24.3 Å². The van der Waals surface area contributed by atoms with Crippen LogP contribution in [0.25, 0.3) is 5.57 Å². The Bertz CT molecular complexity index is 1460. The molecule has 1 fully saturated rings. The van der Waals surface area contributed by atoms with Crippen LogP contribution in [0.1, 0.15) is 40.5 Å². The van der Waals surface area contributed by atoms with E-state index in [1.165, 1.54) is 19.8 Å². The van der Waals surface area contributed by atoms with Gasteiger partial charge in [-0.2, -0.15) is 0 Å². The van der Waals surface area contributed by atoms with Crippen LogP contribution in [0.5, 0.6) is 28.7 Å². The topological polar surface area (TPSA) is 108 Å². The number of phenolic OH excluding ortho intramolecular Hbond substituents is 1. The Balaban J connectivity index is 1.37. The predicted octanol–water partition coefficient (Wildman–Crippen LogP) is 3.95. The summed E-state index contributed by atoms with van der Waals surface area (Å²) >= 11 is 0. The Morgan fingerprint density at radius 2 is 1.64 bits per heavy atom. The number of rotatable bonds is 5. The number of aromatic nitrogens is 1. The number of benzene rings is 2. The molecule has 1 saturated heterocycles. The third kappa shape index (κ3) is 3.67. The van der Waals surface area contributed by atoms with E-state index in [4.69, 9.17) is 23.7 Å². The van der Waals surface area contributed by atoms with Crippen LogP contribution in [0, 0.1) is 11.8 Å². The van der Waals surface area contributed by atoms with Crippen LogP contribution < -0.4 is 24.3 Å². The molecular weight excluding hydrogens is 500 g/mol. The number of phenols is 1. The van der Waals surface area contributed by atoms with Crippen LogP contribution in [0.4, 0.5) is 0 Å². The number of fused-ring (bicyclic) bond motifs is 3. The van der Waals surface area contributed by atoms with Gasteiger partial charge < -0.3 is 34.1 Å². The third-order valence-electron chi connectivity index (χ3n) is 8.50. The molecule has 1 aliphatic carbocycles. The minimum atomic E-state index is -0.436. The lowest BCUT2D eigenvalue weighted by Gasteiger charge is -2.42. The van der Waals surface area contributed by atoms with E-state index in [9.17, 15) is 9.90 Å². The minimum Gasteiger partial charge on any atom is -0.502 e. The molecule has 3 aliphatic heterocycles. The Morgan fingerprint density at radius 1 is 0.949 bits per heavy atom. The first-order valence-electron chi connectivity index (χ1n) is 13.0. The molecule has 2 aromatic carbocycles. The fourth-order valence-electron chi connectivity index (χ4n) is 6.77. The van der Waals surface area contributed by atoms with Crippen LogP contribution in [-0.2, 0) is 9.53 Å². The van der Waals surface area contributed by atoms with E-state index in [0.717, 1.165) is 28.7 Å². The number of nitrogens with one attached hydrogen (secondary N) is 1. The van der Waals surface area contributed by atoms with Crippen LogP contribution in [0.15, 0.2) is 55.0 Å². The number of ether oxygens (including phenoxy) is 5. The molecule has 1 aromatic heterocycles. The lowest BCUT2D eigenvalue weighted by molar-refractivity contribution is -0.141. The van der Waals surface area contributed by atoms with Gasteiger partial charge in [0.05, 0.1) is 26.7 Å². The Hall–Kier alpha value is -4.40. The van der Waals surface area contributed by atoms with Crippen LogP contribution in [-0.4, -0.2) is 49.7 Å². The molecule has 0 spiro atoms. The number of esters is 1. The standard InChI is InChI=1S/C30H28N2O7/c1-35-24-8-16(9-25(36-2)29(24)33)26-18-10-22-23(39-14-38-22)11-19(18)27(20-13-37-30(34)28(20)26)21-7-17(12-32-21)15-3-5-31-6-4-15/h3-6,8-12,20-21,26-28,32-33H,7,13-14H2,1-2H3/t20-,21?,26-,27-,28+/m1/s1. The zero-order chi connectivity index (χ0) is 26.7. The summed E-state index contributed by atoms with van der Waals surface area (Å²) in [5.74, 6) is 0.695. The summed E-state index contributed by atoms with van der Waals surface area (Å²) in [4.78, 5) is 17.6. The van der Waals surface area contributed by atoms with E-state index in [-0.39, 0.29) is 53.8 Å². The second-order valence-corrected chi connectivity index (χ2v) is 10.3. The highest BCUT2D eigenvalue weighted by atomic mass is 16.7. The molecule has 4 heterocycles. The normalized spacial score (nSPS) is 26.3.